The largest absolute Gasteiger partial charge is 0.508 e. The lowest BCUT2D eigenvalue weighted by Crippen LogP contribution is -2.10. The lowest BCUT2D eigenvalue weighted by Gasteiger charge is -2.19. The van der Waals surface area contributed by atoms with Gasteiger partial charge in [-0.3, -0.25) is 4.79 Å². The van der Waals surface area contributed by atoms with E-state index in [0.717, 1.165) is 12.8 Å². The van der Waals surface area contributed by atoms with Crippen LogP contribution in [0.4, 0.5) is 0 Å². The van der Waals surface area contributed by atoms with Crippen LogP contribution >= 0.6 is 0 Å². The summed E-state index contributed by atoms with van der Waals surface area (Å²) >= 11 is 0. The van der Waals surface area contributed by atoms with Crippen LogP contribution in [0.2, 0.25) is 0 Å². The second-order valence-corrected chi connectivity index (χ2v) is 5.25. The molecule has 1 fully saturated rings. The summed E-state index contributed by atoms with van der Waals surface area (Å²) in [6.07, 6.45) is 9.83. The Balaban J connectivity index is 1.92. The van der Waals surface area contributed by atoms with Gasteiger partial charge >= 0.3 is 0 Å². The van der Waals surface area contributed by atoms with Crippen molar-refractivity contribution in [3.8, 4) is 11.5 Å². The summed E-state index contributed by atoms with van der Waals surface area (Å²) in [4.78, 5) is 11.8. The molecule has 0 radical (unpaired) electrons. The lowest BCUT2D eigenvalue weighted by atomic mass is 9.86. The molecule has 0 heterocycles. The topological polar surface area (TPSA) is 57.5 Å². The van der Waals surface area contributed by atoms with Crippen LogP contribution in [-0.4, -0.2) is 16.0 Å². The number of allylic oxidation sites excluding steroid dienone is 1. The molecule has 3 nitrogen and oxygen atoms in total. The van der Waals surface area contributed by atoms with Gasteiger partial charge in [0.15, 0.2) is 5.78 Å². The number of aromatic hydroxyl groups is 2. The van der Waals surface area contributed by atoms with Crippen molar-refractivity contribution in [1.82, 2.24) is 0 Å². The third-order valence-corrected chi connectivity index (χ3v) is 3.68. The van der Waals surface area contributed by atoms with Gasteiger partial charge in [-0.1, -0.05) is 32.1 Å². The summed E-state index contributed by atoms with van der Waals surface area (Å²) in [6.45, 7) is 0. The number of phenols is 2. The predicted molar refractivity (Wildman–Crippen MR) is 75.0 cm³/mol. The van der Waals surface area contributed by atoms with E-state index in [1.165, 1.54) is 37.5 Å². The number of ketones is 1. The molecule has 1 aliphatic rings. The van der Waals surface area contributed by atoms with E-state index < -0.39 is 0 Å². The number of carbonyl (C=O) groups excluding carboxylic acids is 1. The van der Waals surface area contributed by atoms with E-state index in [9.17, 15) is 15.0 Å². The maximum atomic E-state index is 11.8. The second kappa shape index (κ2) is 6.41. The van der Waals surface area contributed by atoms with Gasteiger partial charge in [-0.25, -0.2) is 0 Å². The number of phenolic OH excluding ortho intramolecular Hbond substituents is 2. The summed E-state index contributed by atoms with van der Waals surface area (Å²) in [5.74, 6) is 0.642. The van der Waals surface area contributed by atoms with Crippen LogP contribution in [0.1, 0.15) is 44.1 Å². The Hall–Kier alpha value is -1.77. The average molecular weight is 260 g/mol. The highest BCUT2D eigenvalue weighted by molar-refractivity contribution is 5.94. The molecule has 1 aromatic carbocycles. The molecule has 1 saturated carbocycles. The standard InChI is InChI=1S/C16H20O3/c17-14(10-12-4-2-1-3-5-12)8-6-13-7-9-15(18)11-16(13)19/h6-9,11-12,18-19H,1-5,10H2/b8-6+. The van der Waals surface area contributed by atoms with Crippen LogP contribution in [0.25, 0.3) is 6.08 Å². The Bertz CT molecular complexity index is 471. The molecule has 102 valence electrons. The molecule has 0 spiro atoms. The summed E-state index contributed by atoms with van der Waals surface area (Å²) in [7, 11) is 0. The molecule has 0 amide bonds. The highest BCUT2D eigenvalue weighted by atomic mass is 16.3. The van der Waals surface area contributed by atoms with Crippen molar-refractivity contribution in [2.24, 2.45) is 5.92 Å². The van der Waals surface area contributed by atoms with Gasteiger partial charge < -0.3 is 10.2 Å². The molecule has 3 heteroatoms. The maximum absolute atomic E-state index is 11.8. The van der Waals surface area contributed by atoms with Crippen LogP contribution in [0.15, 0.2) is 24.3 Å². The first kappa shape index (κ1) is 13.7. The summed E-state index contributed by atoms with van der Waals surface area (Å²) in [5.41, 5.74) is 0.551. The quantitative estimate of drug-likeness (QED) is 0.812. The van der Waals surface area contributed by atoms with Gasteiger partial charge in [0, 0.05) is 18.1 Å². The van der Waals surface area contributed by atoms with E-state index in [1.54, 1.807) is 12.1 Å². The van der Waals surface area contributed by atoms with E-state index in [1.807, 2.05) is 0 Å². The summed E-state index contributed by atoms with van der Waals surface area (Å²) < 4.78 is 0. The average Bonchev–Trinajstić information content (AvgIpc) is 2.39. The van der Waals surface area contributed by atoms with Crippen LogP contribution in [0.5, 0.6) is 11.5 Å². The van der Waals surface area contributed by atoms with E-state index in [0.29, 0.717) is 17.9 Å². The molecule has 2 rings (SSSR count). The Kier molecular flexibility index (Phi) is 4.61. The fourth-order valence-electron chi connectivity index (χ4n) is 2.60. The number of benzene rings is 1. The molecule has 19 heavy (non-hydrogen) atoms. The third kappa shape index (κ3) is 4.12. The number of carbonyl (C=O) groups is 1. The Morgan fingerprint density at radius 3 is 2.63 bits per heavy atom. The zero-order chi connectivity index (χ0) is 13.7. The minimum atomic E-state index is -0.0123. The van der Waals surface area contributed by atoms with Gasteiger partial charge in [0.25, 0.3) is 0 Å². The van der Waals surface area contributed by atoms with E-state index in [4.69, 9.17) is 0 Å². The minimum Gasteiger partial charge on any atom is -0.508 e. The first-order valence-electron chi connectivity index (χ1n) is 6.88. The summed E-state index contributed by atoms with van der Waals surface area (Å²) in [5, 5.41) is 18.8. The normalized spacial score (nSPS) is 16.8. The van der Waals surface area contributed by atoms with E-state index >= 15 is 0 Å². The van der Waals surface area contributed by atoms with Crippen molar-refractivity contribution in [1.29, 1.82) is 0 Å². The monoisotopic (exact) mass is 260 g/mol. The van der Waals surface area contributed by atoms with Crippen molar-refractivity contribution in [2.75, 3.05) is 0 Å². The molecule has 1 aromatic rings. The molecule has 1 aliphatic carbocycles. The van der Waals surface area contributed by atoms with Crippen molar-refractivity contribution in [3.05, 3.63) is 29.8 Å². The van der Waals surface area contributed by atoms with Crippen molar-refractivity contribution in [2.45, 2.75) is 38.5 Å². The molecular formula is C16H20O3. The smallest absolute Gasteiger partial charge is 0.155 e. The number of hydrogen-bond donors (Lipinski definition) is 2. The number of hydrogen-bond acceptors (Lipinski definition) is 3. The fourth-order valence-corrected chi connectivity index (χ4v) is 2.60. The SMILES string of the molecule is O=C(/C=C/c1ccc(O)cc1O)CC1CCCCC1. The molecule has 0 atom stereocenters. The first-order chi connectivity index (χ1) is 9.15. The van der Waals surface area contributed by atoms with Crippen LogP contribution in [0, 0.1) is 5.92 Å². The van der Waals surface area contributed by atoms with Gasteiger partial charge in [0.05, 0.1) is 0 Å². The van der Waals surface area contributed by atoms with Gasteiger partial charge in [0.1, 0.15) is 11.5 Å². The van der Waals surface area contributed by atoms with Crippen LogP contribution < -0.4 is 0 Å². The maximum Gasteiger partial charge on any atom is 0.155 e. The molecule has 0 aromatic heterocycles. The number of rotatable bonds is 4. The van der Waals surface area contributed by atoms with Crippen molar-refractivity contribution in [3.63, 3.8) is 0 Å². The zero-order valence-electron chi connectivity index (χ0n) is 11.0. The Morgan fingerprint density at radius 1 is 1.21 bits per heavy atom. The molecular weight excluding hydrogens is 240 g/mol. The molecule has 0 aliphatic heterocycles. The van der Waals surface area contributed by atoms with Crippen molar-refractivity contribution < 1.29 is 15.0 Å². The minimum absolute atomic E-state index is 0.0123. The summed E-state index contributed by atoms with van der Waals surface area (Å²) in [6, 6.07) is 4.35. The second-order valence-electron chi connectivity index (χ2n) is 5.25. The molecule has 0 saturated heterocycles. The lowest BCUT2D eigenvalue weighted by molar-refractivity contribution is -0.115. The highest BCUT2D eigenvalue weighted by Gasteiger charge is 2.15. The Morgan fingerprint density at radius 2 is 1.95 bits per heavy atom. The van der Waals surface area contributed by atoms with Gasteiger partial charge in [-0.2, -0.15) is 0 Å². The predicted octanol–water partition coefficient (Wildman–Crippen LogP) is 3.65. The Labute approximate surface area is 113 Å². The van der Waals surface area contributed by atoms with Crippen LogP contribution in [0.3, 0.4) is 0 Å². The highest BCUT2D eigenvalue weighted by Crippen LogP contribution is 2.27. The van der Waals surface area contributed by atoms with Gasteiger partial charge in [-0.05, 0) is 30.2 Å². The van der Waals surface area contributed by atoms with Gasteiger partial charge in [0.2, 0.25) is 0 Å². The van der Waals surface area contributed by atoms with Gasteiger partial charge in [-0.15, -0.1) is 0 Å². The van der Waals surface area contributed by atoms with E-state index in [-0.39, 0.29) is 17.3 Å². The van der Waals surface area contributed by atoms with Crippen LogP contribution in [-0.2, 0) is 4.79 Å². The fraction of sp³-hybridized carbons (Fsp3) is 0.438. The molecule has 0 bridgehead atoms. The van der Waals surface area contributed by atoms with E-state index in [2.05, 4.69) is 0 Å². The zero-order valence-corrected chi connectivity index (χ0v) is 11.0. The van der Waals surface area contributed by atoms with Crippen molar-refractivity contribution >= 4 is 11.9 Å². The third-order valence-electron chi connectivity index (χ3n) is 3.68. The molecule has 0 unspecified atom stereocenters. The first-order valence-corrected chi connectivity index (χ1v) is 6.88. The molecule has 2 N–H and O–H groups in total.